The van der Waals surface area contributed by atoms with E-state index in [0.717, 1.165) is 48.6 Å². The summed E-state index contributed by atoms with van der Waals surface area (Å²) in [6.45, 7) is 3.03. The lowest BCUT2D eigenvalue weighted by molar-refractivity contribution is 0.173. The van der Waals surface area contributed by atoms with Gasteiger partial charge in [0, 0.05) is 30.6 Å². The molecule has 4 heterocycles. The standard InChI is InChI=1S/C19H21N3O3/c1-11-20-16-8-14-4-3-13(7-15(16)19(23)21-11)22(14)9-12-2-5-17-18(6-12)25-10-24-17/h2,5-6,13-14H,3-4,7-10H2,1H3,(H,20,21,23)/t13-,14-/m0/s1. The summed E-state index contributed by atoms with van der Waals surface area (Å²) in [5.74, 6) is 2.36. The molecular weight excluding hydrogens is 318 g/mol. The van der Waals surface area contributed by atoms with Gasteiger partial charge >= 0.3 is 0 Å². The van der Waals surface area contributed by atoms with Crippen molar-refractivity contribution in [1.29, 1.82) is 0 Å². The number of ether oxygens (including phenoxy) is 2. The minimum Gasteiger partial charge on any atom is -0.454 e. The van der Waals surface area contributed by atoms with Crippen molar-refractivity contribution in [3.8, 4) is 11.5 Å². The molecule has 6 nitrogen and oxygen atoms in total. The Balaban J connectivity index is 1.44. The number of aromatic amines is 1. The normalized spacial score (nSPS) is 24.2. The quantitative estimate of drug-likeness (QED) is 0.906. The van der Waals surface area contributed by atoms with Gasteiger partial charge in [0.1, 0.15) is 5.82 Å². The van der Waals surface area contributed by atoms with Gasteiger partial charge in [-0.15, -0.1) is 0 Å². The Morgan fingerprint density at radius 3 is 2.88 bits per heavy atom. The van der Waals surface area contributed by atoms with Crippen molar-refractivity contribution in [1.82, 2.24) is 14.9 Å². The van der Waals surface area contributed by atoms with Crippen LogP contribution in [0.2, 0.25) is 0 Å². The van der Waals surface area contributed by atoms with E-state index >= 15 is 0 Å². The smallest absolute Gasteiger partial charge is 0.254 e. The number of nitrogens with one attached hydrogen (secondary N) is 1. The summed E-state index contributed by atoms with van der Waals surface area (Å²) in [5.41, 5.74) is 3.14. The fourth-order valence-electron chi connectivity index (χ4n) is 4.47. The highest BCUT2D eigenvalue weighted by Gasteiger charge is 2.38. The third kappa shape index (κ3) is 2.52. The summed E-state index contributed by atoms with van der Waals surface area (Å²) in [6.07, 6.45) is 3.96. The number of aryl methyl sites for hydroxylation is 1. The first kappa shape index (κ1) is 15.0. The Kier molecular flexibility index (Phi) is 3.35. The zero-order chi connectivity index (χ0) is 17.0. The zero-order valence-corrected chi connectivity index (χ0v) is 14.2. The van der Waals surface area contributed by atoms with Crippen molar-refractivity contribution < 1.29 is 9.47 Å². The maximum atomic E-state index is 12.4. The number of aromatic nitrogens is 2. The lowest BCUT2D eigenvalue weighted by atomic mass is 9.98. The second-order valence-electron chi connectivity index (χ2n) is 7.23. The molecule has 3 aliphatic rings. The molecule has 0 unspecified atom stereocenters. The summed E-state index contributed by atoms with van der Waals surface area (Å²) >= 11 is 0. The predicted octanol–water partition coefficient (Wildman–Crippen LogP) is 1.94. The van der Waals surface area contributed by atoms with Crippen LogP contribution in [0.4, 0.5) is 0 Å². The van der Waals surface area contributed by atoms with Gasteiger partial charge in [0.05, 0.1) is 5.69 Å². The molecule has 1 aromatic heterocycles. The van der Waals surface area contributed by atoms with Crippen molar-refractivity contribution in [2.45, 2.75) is 51.2 Å². The first-order chi connectivity index (χ1) is 12.2. The third-order valence-corrected chi connectivity index (χ3v) is 5.66. The lowest BCUT2D eigenvalue weighted by Crippen LogP contribution is -2.36. The van der Waals surface area contributed by atoms with E-state index in [-0.39, 0.29) is 5.56 Å². The molecule has 2 aromatic rings. The van der Waals surface area contributed by atoms with Gasteiger partial charge in [0.15, 0.2) is 11.5 Å². The Morgan fingerprint density at radius 2 is 2.00 bits per heavy atom. The van der Waals surface area contributed by atoms with Crippen LogP contribution < -0.4 is 15.0 Å². The van der Waals surface area contributed by atoms with Crippen molar-refractivity contribution in [2.75, 3.05) is 6.79 Å². The molecule has 0 aliphatic carbocycles. The molecule has 3 aliphatic heterocycles. The van der Waals surface area contributed by atoms with Crippen LogP contribution in [0.15, 0.2) is 23.0 Å². The van der Waals surface area contributed by atoms with Crippen LogP contribution in [0.25, 0.3) is 0 Å². The van der Waals surface area contributed by atoms with E-state index < -0.39 is 0 Å². The Labute approximate surface area is 145 Å². The van der Waals surface area contributed by atoms with Crippen LogP contribution in [0.3, 0.4) is 0 Å². The second kappa shape index (κ2) is 5.59. The average molecular weight is 339 g/mol. The fraction of sp³-hybridized carbons (Fsp3) is 0.474. The summed E-state index contributed by atoms with van der Waals surface area (Å²) in [4.78, 5) is 22.4. The summed E-state index contributed by atoms with van der Waals surface area (Å²) in [6, 6.07) is 7.03. The number of rotatable bonds is 2. The van der Waals surface area contributed by atoms with E-state index in [1.54, 1.807) is 0 Å². The van der Waals surface area contributed by atoms with Crippen molar-refractivity contribution in [3.63, 3.8) is 0 Å². The van der Waals surface area contributed by atoms with Gasteiger partial charge in [0.2, 0.25) is 6.79 Å². The van der Waals surface area contributed by atoms with Crippen LogP contribution in [0.5, 0.6) is 11.5 Å². The molecule has 1 N–H and O–H groups in total. The van der Waals surface area contributed by atoms with Crippen molar-refractivity contribution in [3.05, 3.63) is 51.2 Å². The second-order valence-corrected chi connectivity index (χ2v) is 7.23. The minimum atomic E-state index is 0.0399. The summed E-state index contributed by atoms with van der Waals surface area (Å²) in [5, 5.41) is 0. The predicted molar refractivity (Wildman–Crippen MR) is 91.9 cm³/mol. The van der Waals surface area contributed by atoms with Crippen molar-refractivity contribution in [2.24, 2.45) is 0 Å². The number of hydrogen-bond donors (Lipinski definition) is 1. The van der Waals surface area contributed by atoms with E-state index in [0.29, 0.717) is 24.7 Å². The lowest BCUT2D eigenvalue weighted by Gasteiger charge is -2.27. The summed E-state index contributed by atoms with van der Waals surface area (Å²) < 4.78 is 10.9. The Bertz CT molecular complexity index is 892. The van der Waals surface area contributed by atoms with Gasteiger partial charge in [-0.1, -0.05) is 6.07 Å². The van der Waals surface area contributed by atoms with Crippen LogP contribution in [-0.2, 0) is 19.4 Å². The SMILES string of the molecule is Cc1nc2c(c(=O)[nH]1)C[C@@H]1CC[C@@H](C2)N1Cc1ccc2c(c1)OCO2. The summed E-state index contributed by atoms with van der Waals surface area (Å²) in [7, 11) is 0. The molecule has 1 saturated heterocycles. The van der Waals surface area contributed by atoms with E-state index in [9.17, 15) is 4.79 Å². The van der Waals surface area contributed by atoms with Crippen LogP contribution in [-0.4, -0.2) is 33.7 Å². The van der Waals surface area contributed by atoms with Gasteiger partial charge in [-0.3, -0.25) is 9.69 Å². The maximum Gasteiger partial charge on any atom is 0.254 e. The molecular formula is C19H21N3O3. The van der Waals surface area contributed by atoms with Gasteiger partial charge in [-0.25, -0.2) is 4.98 Å². The number of fused-ring (bicyclic) bond motifs is 4. The molecule has 1 aromatic carbocycles. The van der Waals surface area contributed by atoms with E-state index in [2.05, 4.69) is 27.0 Å². The van der Waals surface area contributed by atoms with E-state index in [4.69, 9.17) is 9.47 Å². The van der Waals surface area contributed by atoms with Gasteiger partial charge in [-0.2, -0.15) is 0 Å². The minimum absolute atomic E-state index is 0.0399. The van der Waals surface area contributed by atoms with Gasteiger partial charge in [0.25, 0.3) is 5.56 Å². The molecule has 0 saturated carbocycles. The zero-order valence-electron chi connectivity index (χ0n) is 14.2. The molecule has 2 atom stereocenters. The van der Waals surface area contributed by atoms with Gasteiger partial charge in [-0.05, 0) is 43.9 Å². The fourth-order valence-corrected chi connectivity index (χ4v) is 4.47. The number of H-pyrrole nitrogens is 1. The average Bonchev–Trinajstić information content (AvgIpc) is 3.13. The first-order valence-electron chi connectivity index (χ1n) is 8.90. The van der Waals surface area contributed by atoms with Crippen molar-refractivity contribution >= 4 is 0 Å². The number of nitrogens with zero attached hydrogens (tertiary/aromatic N) is 2. The molecule has 0 amide bonds. The molecule has 1 fully saturated rings. The molecule has 5 rings (SSSR count). The maximum absolute atomic E-state index is 12.4. The molecule has 2 bridgehead atoms. The third-order valence-electron chi connectivity index (χ3n) is 5.66. The molecule has 25 heavy (non-hydrogen) atoms. The highest BCUT2D eigenvalue weighted by Crippen LogP contribution is 2.36. The van der Waals surface area contributed by atoms with Gasteiger partial charge < -0.3 is 14.5 Å². The topological polar surface area (TPSA) is 67.5 Å². The largest absolute Gasteiger partial charge is 0.454 e. The highest BCUT2D eigenvalue weighted by molar-refractivity contribution is 5.44. The van der Waals surface area contributed by atoms with Crippen LogP contribution in [0, 0.1) is 6.92 Å². The number of benzene rings is 1. The molecule has 6 heteroatoms. The Morgan fingerprint density at radius 1 is 1.20 bits per heavy atom. The van der Waals surface area contributed by atoms with E-state index in [1.807, 2.05) is 13.0 Å². The van der Waals surface area contributed by atoms with Crippen LogP contribution in [0.1, 0.15) is 35.5 Å². The monoisotopic (exact) mass is 339 g/mol. The number of hydrogen-bond acceptors (Lipinski definition) is 5. The van der Waals surface area contributed by atoms with Crippen LogP contribution >= 0.6 is 0 Å². The molecule has 0 spiro atoms. The highest BCUT2D eigenvalue weighted by atomic mass is 16.7. The Hall–Kier alpha value is -2.34. The molecule has 130 valence electrons. The molecule has 0 radical (unpaired) electrons. The van der Waals surface area contributed by atoms with E-state index in [1.165, 1.54) is 12.0 Å². The first-order valence-corrected chi connectivity index (χ1v) is 8.90.